The Morgan fingerprint density at radius 3 is 2.79 bits per heavy atom. The van der Waals surface area contributed by atoms with Gasteiger partial charge >= 0.3 is 0 Å². The van der Waals surface area contributed by atoms with Crippen molar-refractivity contribution in [2.24, 2.45) is 0 Å². The first-order chi connectivity index (χ1) is 16.1. The van der Waals surface area contributed by atoms with E-state index in [-0.39, 0.29) is 5.82 Å². The van der Waals surface area contributed by atoms with Crippen LogP contribution in [0, 0.1) is 5.82 Å². The minimum absolute atomic E-state index is 0.297. The minimum atomic E-state index is -0.643. The molecule has 0 unspecified atom stereocenters. The van der Waals surface area contributed by atoms with E-state index in [1.807, 2.05) is 22.1 Å². The molecule has 1 aromatic carbocycles. The second-order valence-corrected chi connectivity index (χ2v) is 10.7. The van der Waals surface area contributed by atoms with Crippen LogP contribution in [-0.2, 0) is 17.2 Å². The van der Waals surface area contributed by atoms with Crippen LogP contribution in [0.1, 0.15) is 12.0 Å². The highest BCUT2D eigenvalue weighted by molar-refractivity contribution is 7.85. The first kappa shape index (κ1) is 22.2. The number of hydrogen-bond acceptors (Lipinski definition) is 6. The van der Waals surface area contributed by atoms with E-state index in [0.29, 0.717) is 5.69 Å². The van der Waals surface area contributed by atoms with Crippen molar-refractivity contribution < 1.29 is 8.60 Å². The van der Waals surface area contributed by atoms with Gasteiger partial charge in [0.2, 0.25) is 0 Å². The van der Waals surface area contributed by atoms with Gasteiger partial charge in [0.15, 0.2) is 5.13 Å². The van der Waals surface area contributed by atoms with Gasteiger partial charge in [-0.1, -0.05) is 6.07 Å². The van der Waals surface area contributed by atoms with Gasteiger partial charge in [-0.3, -0.25) is 8.78 Å². The summed E-state index contributed by atoms with van der Waals surface area (Å²) in [5, 5.41) is 6.78. The second-order valence-electron chi connectivity index (χ2n) is 8.14. The largest absolute Gasteiger partial charge is 0.386 e. The summed E-state index contributed by atoms with van der Waals surface area (Å²) in [7, 11) is 1.06. The summed E-state index contributed by atoms with van der Waals surface area (Å²) in [4.78, 5) is 11.8. The number of pyridine rings is 1. The van der Waals surface area contributed by atoms with Crippen molar-refractivity contribution in [3.8, 4) is 16.4 Å². The van der Waals surface area contributed by atoms with Crippen molar-refractivity contribution in [3.63, 3.8) is 0 Å². The van der Waals surface area contributed by atoms with Crippen molar-refractivity contribution in [2.75, 3.05) is 43.5 Å². The second kappa shape index (κ2) is 9.70. The maximum Gasteiger partial charge on any atom is 0.195 e. The number of halogens is 1. The Labute approximate surface area is 198 Å². The molecule has 5 rings (SSSR count). The van der Waals surface area contributed by atoms with Crippen molar-refractivity contribution in [2.45, 2.75) is 12.8 Å². The Bertz CT molecular complexity index is 1280. The molecule has 1 fully saturated rings. The van der Waals surface area contributed by atoms with Crippen LogP contribution in [0.25, 0.3) is 27.4 Å². The highest BCUT2D eigenvalue weighted by Crippen LogP contribution is 2.30. The van der Waals surface area contributed by atoms with E-state index in [4.69, 9.17) is 4.98 Å². The fourth-order valence-electron chi connectivity index (χ4n) is 4.28. The van der Waals surface area contributed by atoms with Gasteiger partial charge in [0, 0.05) is 71.2 Å². The van der Waals surface area contributed by atoms with Crippen LogP contribution in [0.2, 0.25) is 0 Å². The van der Waals surface area contributed by atoms with Gasteiger partial charge in [-0.2, -0.15) is 0 Å². The number of nitrogens with one attached hydrogen (secondary N) is 1. The van der Waals surface area contributed by atoms with Crippen molar-refractivity contribution >= 4 is 38.9 Å². The Morgan fingerprint density at radius 2 is 2.06 bits per heavy atom. The highest BCUT2D eigenvalue weighted by Gasteiger charge is 2.17. The molecule has 1 aliphatic rings. The van der Waals surface area contributed by atoms with Crippen LogP contribution in [0.4, 0.5) is 10.1 Å². The van der Waals surface area contributed by atoms with Crippen LogP contribution in [0.15, 0.2) is 48.1 Å². The lowest BCUT2D eigenvalue weighted by atomic mass is 10.1. The van der Waals surface area contributed by atoms with E-state index in [1.165, 1.54) is 11.6 Å². The summed E-state index contributed by atoms with van der Waals surface area (Å²) in [6.45, 7) is 2.84. The molecule has 0 aliphatic carbocycles. The van der Waals surface area contributed by atoms with Crippen LogP contribution in [0.3, 0.4) is 0 Å². The molecule has 33 heavy (non-hydrogen) atoms. The molecular formula is C24H26FN5OS2. The number of rotatable bonds is 7. The third-order valence-corrected chi connectivity index (χ3v) is 8.13. The van der Waals surface area contributed by atoms with E-state index in [2.05, 4.69) is 27.5 Å². The quantitative estimate of drug-likeness (QED) is 0.424. The Hall–Kier alpha value is -2.62. The first-order valence-electron chi connectivity index (χ1n) is 11.1. The highest BCUT2D eigenvalue weighted by atomic mass is 32.2. The molecule has 0 radical (unpaired) electrons. The zero-order chi connectivity index (χ0) is 22.8. The lowest BCUT2D eigenvalue weighted by Crippen LogP contribution is -2.38. The molecule has 3 aromatic heterocycles. The molecule has 0 bridgehead atoms. The Kier molecular flexibility index (Phi) is 6.52. The van der Waals surface area contributed by atoms with E-state index >= 15 is 0 Å². The van der Waals surface area contributed by atoms with E-state index in [1.54, 1.807) is 30.6 Å². The fraction of sp³-hybridized carbons (Fsp3) is 0.333. The van der Waals surface area contributed by atoms with Crippen molar-refractivity contribution in [3.05, 3.63) is 59.5 Å². The summed E-state index contributed by atoms with van der Waals surface area (Å²) in [6, 6.07) is 9.18. The average molecular weight is 484 g/mol. The third-order valence-electron chi connectivity index (χ3n) is 6.08. The summed E-state index contributed by atoms with van der Waals surface area (Å²) >= 11 is 1.57. The van der Waals surface area contributed by atoms with E-state index in [0.717, 1.165) is 71.4 Å². The molecule has 4 heterocycles. The molecule has 172 valence electrons. The molecule has 9 heteroatoms. The van der Waals surface area contributed by atoms with Crippen LogP contribution < -0.4 is 5.32 Å². The number of aromatic nitrogens is 3. The molecule has 1 saturated heterocycles. The smallest absolute Gasteiger partial charge is 0.195 e. The van der Waals surface area contributed by atoms with Gasteiger partial charge in [-0.05, 0) is 49.2 Å². The molecule has 0 atom stereocenters. The normalized spacial score (nSPS) is 15.3. The number of nitrogens with zero attached hydrogens (tertiary/aromatic N) is 4. The first-order valence-corrected chi connectivity index (χ1v) is 13.4. The molecule has 0 amide bonds. The lowest BCUT2D eigenvalue weighted by molar-refractivity contribution is 0.296. The molecule has 1 N–H and O–H groups in total. The maximum atomic E-state index is 14.3. The summed E-state index contributed by atoms with van der Waals surface area (Å²) in [5.41, 5.74) is 4.01. The van der Waals surface area contributed by atoms with Gasteiger partial charge in [0.05, 0.1) is 11.4 Å². The predicted molar refractivity (Wildman–Crippen MR) is 134 cm³/mol. The Morgan fingerprint density at radius 1 is 1.21 bits per heavy atom. The summed E-state index contributed by atoms with van der Waals surface area (Å²) in [6.07, 6.45) is 5.89. The summed E-state index contributed by atoms with van der Waals surface area (Å²) < 4.78 is 28.0. The molecule has 0 saturated carbocycles. The van der Waals surface area contributed by atoms with Gasteiger partial charge < -0.3 is 10.2 Å². The van der Waals surface area contributed by atoms with Gasteiger partial charge in [-0.15, -0.1) is 11.3 Å². The zero-order valence-electron chi connectivity index (χ0n) is 18.5. The van der Waals surface area contributed by atoms with Gasteiger partial charge in [0.25, 0.3) is 0 Å². The number of fused-ring (bicyclic) bond motifs is 1. The van der Waals surface area contributed by atoms with Gasteiger partial charge in [0.1, 0.15) is 11.5 Å². The number of thiazole rings is 1. The topological polar surface area (TPSA) is 63.1 Å². The van der Waals surface area contributed by atoms with E-state index < -0.39 is 10.8 Å². The molecule has 6 nitrogen and oxygen atoms in total. The third kappa shape index (κ3) is 4.71. The average Bonchev–Trinajstić information content (AvgIpc) is 3.48. The van der Waals surface area contributed by atoms with Crippen molar-refractivity contribution in [1.82, 2.24) is 19.4 Å². The predicted octanol–water partition coefficient (Wildman–Crippen LogP) is 4.33. The SMILES string of the molecule is CNc1ccc(-c2ccc3c(CCCN4CCS(=O)CC4)cn(-c4nccs4)c3n2)cc1F. The summed E-state index contributed by atoms with van der Waals surface area (Å²) in [5.74, 6) is 1.27. The molecule has 4 aromatic rings. The van der Waals surface area contributed by atoms with Crippen LogP contribution >= 0.6 is 11.3 Å². The van der Waals surface area contributed by atoms with Crippen LogP contribution in [-0.4, -0.2) is 61.8 Å². The minimum Gasteiger partial charge on any atom is -0.386 e. The maximum absolute atomic E-state index is 14.3. The van der Waals surface area contributed by atoms with E-state index in [9.17, 15) is 8.60 Å². The number of hydrogen-bond donors (Lipinski definition) is 1. The van der Waals surface area contributed by atoms with Crippen LogP contribution in [0.5, 0.6) is 0 Å². The Balaban J connectivity index is 1.44. The molecular weight excluding hydrogens is 457 g/mol. The lowest BCUT2D eigenvalue weighted by Gasteiger charge is -2.25. The molecule has 1 aliphatic heterocycles. The number of anilines is 1. The standard InChI is InChI=1S/C24H26FN5OS2/c1-26-22-6-4-17(15-20(22)25)21-7-5-19-18(3-2-9-29-10-13-33(31)14-11-29)16-30(23(19)28-21)24-27-8-12-32-24/h4-8,12,15-16,26H,2-3,9-11,13-14H2,1H3. The monoisotopic (exact) mass is 483 g/mol. The number of aryl methyl sites for hydroxylation is 1. The fourth-order valence-corrected chi connectivity index (χ4v) is 6.03. The van der Waals surface area contributed by atoms with Gasteiger partial charge in [-0.25, -0.2) is 14.4 Å². The zero-order valence-corrected chi connectivity index (χ0v) is 20.1. The van der Waals surface area contributed by atoms with Crippen molar-refractivity contribution in [1.29, 1.82) is 0 Å². The molecule has 0 spiro atoms. The number of benzene rings is 1.